The van der Waals surface area contributed by atoms with Crippen molar-refractivity contribution in [3.8, 4) is 0 Å². The Hall–Kier alpha value is -0.610. The van der Waals surface area contributed by atoms with E-state index in [9.17, 15) is 0 Å². The number of hydrogen-bond acceptors (Lipinski definition) is 2. The Kier molecular flexibility index (Phi) is 5.22. The molecule has 1 fully saturated rings. The molecule has 0 amide bonds. The zero-order chi connectivity index (χ0) is 13.8. The lowest BCUT2D eigenvalue weighted by Gasteiger charge is -2.27. The fourth-order valence-electron chi connectivity index (χ4n) is 2.66. The van der Waals surface area contributed by atoms with Gasteiger partial charge in [-0.3, -0.25) is 0 Å². The summed E-state index contributed by atoms with van der Waals surface area (Å²) in [4.78, 5) is 0.445. The highest BCUT2D eigenvalue weighted by Gasteiger charge is 2.18. The van der Waals surface area contributed by atoms with Gasteiger partial charge >= 0.3 is 0 Å². The van der Waals surface area contributed by atoms with Gasteiger partial charge in [-0.25, -0.2) is 0 Å². The Balaban J connectivity index is 1.97. The third kappa shape index (κ3) is 4.18. The first kappa shape index (κ1) is 14.8. The highest BCUT2D eigenvalue weighted by Crippen LogP contribution is 2.29. The fraction of sp³-hybridized carbons (Fsp3) is 0.533. The second-order valence-corrected chi connectivity index (χ2v) is 6.92. The summed E-state index contributed by atoms with van der Waals surface area (Å²) in [5.41, 5.74) is 7.76. The number of benzene rings is 1. The van der Waals surface area contributed by atoms with Gasteiger partial charge in [0.1, 0.15) is 4.99 Å². The van der Waals surface area contributed by atoms with Crippen LogP contribution in [0, 0.1) is 11.8 Å². The Morgan fingerprint density at radius 3 is 2.68 bits per heavy atom. The average molecular weight is 341 g/mol. The van der Waals surface area contributed by atoms with Gasteiger partial charge in [0.05, 0.1) is 0 Å². The molecule has 0 bridgehead atoms. The van der Waals surface area contributed by atoms with Crippen molar-refractivity contribution in [1.82, 2.24) is 0 Å². The number of halogens is 1. The summed E-state index contributed by atoms with van der Waals surface area (Å²) in [6.45, 7) is 3.37. The molecule has 0 heterocycles. The van der Waals surface area contributed by atoms with Gasteiger partial charge in [0.15, 0.2) is 0 Å². The predicted molar refractivity (Wildman–Crippen MR) is 89.6 cm³/mol. The molecule has 4 heteroatoms. The van der Waals surface area contributed by atoms with Crippen LogP contribution >= 0.6 is 28.1 Å². The minimum atomic E-state index is 0.445. The van der Waals surface area contributed by atoms with E-state index < -0.39 is 0 Å². The van der Waals surface area contributed by atoms with Crippen molar-refractivity contribution in [2.24, 2.45) is 17.6 Å². The fourth-order valence-corrected chi connectivity index (χ4v) is 3.19. The van der Waals surface area contributed by atoms with Gasteiger partial charge in [-0.05, 0) is 42.9 Å². The molecule has 0 aromatic heterocycles. The van der Waals surface area contributed by atoms with Crippen molar-refractivity contribution in [3.05, 3.63) is 28.2 Å². The molecule has 19 heavy (non-hydrogen) atoms. The third-order valence-corrected chi connectivity index (χ3v) is 4.68. The van der Waals surface area contributed by atoms with Gasteiger partial charge in [0, 0.05) is 22.3 Å². The minimum absolute atomic E-state index is 0.445. The monoisotopic (exact) mass is 340 g/mol. The molecule has 1 aliphatic rings. The van der Waals surface area contributed by atoms with Crippen LogP contribution in [0.3, 0.4) is 0 Å². The number of anilines is 1. The highest BCUT2D eigenvalue weighted by molar-refractivity contribution is 9.10. The standard InChI is InChI=1S/C15H21BrN2S/c1-10-2-4-11(5-3-10)9-18-14-7-6-12(16)8-13(14)15(17)19/h6-8,10-11,18H,2-5,9H2,1H3,(H2,17,19). The molecular weight excluding hydrogens is 320 g/mol. The van der Waals surface area contributed by atoms with Gasteiger partial charge in [0.25, 0.3) is 0 Å². The maximum Gasteiger partial charge on any atom is 0.106 e. The number of nitrogens with two attached hydrogens (primary N) is 1. The summed E-state index contributed by atoms with van der Waals surface area (Å²) < 4.78 is 1.01. The van der Waals surface area contributed by atoms with E-state index in [0.29, 0.717) is 4.99 Å². The van der Waals surface area contributed by atoms with Crippen LogP contribution in [0.1, 0.15) is 38.2 Å². The molecule has 1 saturated carbocycles. The first-order valence-electron chi connectivity index (χ1n) is 6.89. The molecule has 0 radical (unpaired) electrons. The molecule has 1 aromatic rings. The van der Waals surface area contributed by atoms with Gasteiger partial charge < -0.3 is 11.1 Å². The van der Waals surface area contributed by atoms with Crippen molar-refractivity contribution in [2.45, 2.75) is 32.6 Å². The molecule has 2 nitrogen and oxygen atoms in total. The Bertz CT molecular complexity index is 453. The van der Waals surface area contributed by atoms with Crippen molar-refractivity contribution >= 4 is 38.8 Å². The zero-order valence-electron chi connectivity index (χ0n) is 11.3. The second-order valence-electron chi connectivity index (χ2n) is 5.56. The first-order chi connectivity index (χ1) is 9.06. The number of hydrogen-bond donors (Lipinski definition) is 2. The average Bonchev–Trinajstić information content (AvgIpc) is 2.39. The lowest BCUT2D eigenvalue weighted by molar-refractivity contribution is 0.300. The molecule has 3 N–H and O–H groups in total. The molecule has 104 valence electrons. The minimum Gasteiger partial charge on any atom is -0.389 e. The van der Waals surface area contributed by atoms with Crippen LogP contribution in [0.2, 0.25) is 0 Å². The van der Waals surface area contributed by atoms with E-state index in [1.807, 2.05) is 18.2 Å². The summed E-state index contributed by atoms with van der Waals surface area (Å²) in [7, 11) is 0. The molecule has 1 aromatic carbocycles. The van der Waals surface area contributed by atoms with Crippen molar-refractivity contribution < 1.29 is 0 Å². The Labute approximate surface area is 129 Å². The maximum atomic E-state index is 5.78. The molecule has 1 aliphatic carbocycles. The van der Waals surface area contributed by atoms with Crippen LogP contribution < -0.4 is 11.1 Å². The first-order valence-corrected chi connectivity index (χ1v) is 8.09. The quantitative estimate of drug-likeness (QED) is 0.801. The topological polar surface area (TPSA) is 38.0 Å². The molecule has 0 spiro atoms. The highest BCUT2D eigenvalue weighted by atomic mass is 79.9. The predicted octanol–water partition coefficient (Wildman–Crippen LogP) is 4.32. The lowest BCUT2D eigenvalue weighted by atomic mass is 9.83. The van der Waals surface area contributed by atoms with Crippen LogP contribution in [0.5, 0.6) is 0 Å². The number of nitrogens with one attached hydrogen (secondary N) is 1. The van der Waals surface area contributed by atoms with Crippen LogP contribution in [0.4, 0.5) is 5.69 Å². The van der Waals surface area contributed by atoms with E-state index in [-0.39, 0.29) is 0 Å². The van der Waals surface area contributed by atoms with Crippen LogP contribution in [-0.2, 0) is 0 Å². The summed E-state index contributed by atoms with van der Waals surface area (Å²) in [6.07, 6.45) is 5.36. The maximum absolute atomic E-state index is 5.78. The van der Waals surface area contributed by atoms with E-state index in [1.165, 1.54) is 25.7 Å². The largest absolute Gasteiger partial charge is 0.389 e. The smallest absolute Gasteiger partial charge is 0.106 e. The summed E-state index contributed by atoms with van der Waals surface area (Å²) >= 11 is 8.57. The molecule has 2 rings (SSSR count). The Morgan fingerprint density at radius 1 is 1.37 bits per heavy atom. The van der Waals surface area contributed by atoms with E-state index in [4.69, 9.17) is 18.0 Å². The summed E-state index contributed by atoms with van der Waals surface area (Å²) in [5.74, 6) is 1.68. The van der Waals surface area contributed by atoms with Gasteiger partial charge in [-0.1, -0.05) is 47.9 Å². The van der Waals surface area contributed by atoms with E-state index in [2.05, 4.69) is 28.2 Å². The van der Waals surface area contributed by atoms with Crippen molar-refractivity contribution in [1.29, 1.82) is 0 Å². The van der Waals surface area contributed by atoms with Crippen LogP contribution in [0.15, 0.2) is 22.7 Å². The van der Waals surface area contributed by atoms with Crippen molar-refractivity contribution in [3.63, 3.8) is 0 Å². The molecular formula is C15H21BrN2S. The third-order valence-electron chi connectivity index (χ3n) is 3.96. The van der Waals surface area contributed by atoms with Crippen LogP contribution in [-0.4, -0.2) is 11.5 Å². The normalized spacial score (nSPS) is 23.1. The SMILES string of the molecule is CC1CCC(CNc2ccc(Br)cc2C(N)=S)CC1. The van der Waals surface area contributed by atoms with E-state index >= 15 is 0 Å². The van der Waals surface area contributed by atoms with Gasteiger partial charge in [-0.2, -0.15) is 0 Å². The van der Waals surface area contributed by atoms with Gasteiger partial charge in [-0.15, -0.1) is 0 Å². The van der Waals surface area contributed by atoms with Crippen LogP contribution in [0.25, 0.3) is 0 Å². The molecule has 0 aliphatic heterocycles. The summed E-state index contributed by atoms with van der Waals surface area (Å²) in [5, 5.41) is 3.52. The molecule has 0 atom stereocenters. The molecule has 0 unspecified atom stereocenters. The van der Waals surface area contributed by atoms with E-state index in [0.717, 1.165) is 34.1 Å². The lowest BCUT2D eigenvalue weighted by Crippen LogP contribution is -2.21. The second kappa shape index (κ2) is 6.71. The number of rotatable bonds is 4. The zero-order valence-corrected chi connectivity index (χ0v) is 13.7. The van der Waals surface area contributed by atoms with Gasteiger partial charge in [0.2, 0.25) is 0 Å². The molecule has 0 saturated heterocycles. The summed E-state index contributed by atoms with van der Waals surface area (Å²) in [6, 6.07) is 6.05. The van der Waals surface area contributed by atoms with E-state index in [1.54, 1.807) is 0 Å². The number of thiocarbonyl (C=S) groups is 1. The van der Waals surface area contributed by atoms with Crippen molar-refractivity contribution in [2.75, 3.05) is 11.9 Å². The Morgan fingerprint density at radius 2 is 2.05 bits per heavy atom.